The molecule has 0 saturated carbocycles. The summed E-state index contributed by atoms with van der Waals surface area (Å²) in [6, 6.07) is 68.1. The average molecular weight is 793 g/mol. The Hall–Kier alpha value is -8.22. The Morgan fingerprint density at radius 3 is 1.24 bits per heavy atom. The summed E-state index contributed by atoms with van der Waals surface area (Å²) in [5.41, 5.74) is 17.9. The zero-order chi connectivity index (χ0) is 41.0. The SMILES string of the molecule is c1ccc(-c2nc(-c3cccnc3)cc(-c3cccc(-c4ccc5c(c4)C4c6ccccc6C5c5cc(-c6nc(-c7ccccc7)nc(-c7ccccc7)n6)ccc54)c3)n2)cc1. The van der Waals surface area contributed by atoms with Crippen molar-refractivity contribution in [3.8, 4) is 79.2 Å². The van der Waals surface area contributed by atoms with Gasteiger partial charge in [0.2, 0.25) is 0 Å². The topological polar surface area (TPSA) is 77.3 Å². The Morgan fingerprint density at radius 2 is 0.677 bits per heavy atom. The van der Waals surface area contributed by atoms with E-state index in [9.17, 15) is 0 Å². The van der Waals surface area contributed by atoms with E-state index < -0.39 is 0 Å². The van der Waals surface area contributed by atoms with Crippen LogP contribution in [-0.2, 0) is 0 Å². The highest BCUT2D eigenvalue weighted by Gasteiger charge is 2.41. The minimum Gasteiger partial charge on any atom is -0.264 e. The van der Waals surface area contributed by atoms with Gasteiger partial charge in [-0.3, -0.25) is 4.98 Å². The van der Waals surface area contributed by atoms with Gasteiger partial charge in [0.25, 0.3) is 0 Å². The molecule has 0 spiro atoms. The molecule has 3 aliphatic rings. The van der Waals surface area contributed by atoms with Gasteiger partial charge in [-0.1, -0.05) is 158 Å². The second-order valence-electron chi connectivity index (χ2n) is 15.9. The Kier molecular flexibility index (Phi) is 8.52. The van der Waals surface area contributed by atoms with E-state index in [2.05, 4.69) is 132 Å². The standard InChI is InChI=1S/C56H36N6/c1-4-14-35(15-5-1)53-58-49(33-50(59-53)42-22-13-29-57-34-42)40-21-12-20-38(30-40)39-25-27-45-47(31-39)51-43-23-10-11-24-44(43)52(45)48-32-41(26-28-46(48)51)56-61-54(36-16-6-2-7-17-36)60-55(62-56)37-18-8-3-9-19-37/h1-34,51-52H. The summed E-state index contributed by atoms with van der Waals surface area (Å²) < 4.78 is 0. The van der Waals surface area contributed by atoms with E-state index >= 15 is 0 Å². The maximum absolute atomic E-state index is 5.11. The first-order chi connectivity index (χ1) is 30.7. The molecule has 2 unspecified atom stereocenters. The summed E-state index contributed by atoms with van der Waals surface area (Å²) in [5, 5.41) is 0. The summed E-state index contributed by atoms with van der Waals surface area (Å²) >= 11 is 0. The lowest BCUT2D eigenvalue weighted by Gasteiger charge is -2.42. The van der Waals surface area contributed by atoms with Gasteiger partial charge in [-0.25, -0.2) is 24.9 Å². The largest absolute Gasteiger partial charge is 0.264 e. The Morgan fingerprint density at radius 1 is 0.258 bits per heavy atom. The van der Waals surface area contributed by atoms with Crippen LogP contribution in [0.1, 0.15) is 45.2 Å². The highest BCUT2D eigenvalue weighted by Crippen LogP contribution is 2.56. The van der Waals surface area contributed by atoms with Crippen molar-refractivity contribution >= 4 is 0 Å². The monoisotopic (exact) mass is 792 g/mol. The predicted molar refractivity (Wildman–Crippen MR) is 246 cm³/mol. The van der Waals surface area contributed by atoms with E-state index in [4.69, 9.17) is 24.9 Å². The molecule has 3 heterocycles. The fraction of sp³-hybridized carbons (Fsp3) is 0.0357. The van der Waals surface area contributed by atoms with Crippen molar-refractivity contribution in [2.45, 2.75) is 11.8 Å². The summed E-state index contributed by atoms with van der Waals surface area (Å²) in [6.45, 7) is 0. The Bertz CT molecular complexity index is 3180. The molecule has 13 rings (SSSR count). The van der Waals surface area contributed by atoms with Gasteiger partial charge in [-0.15, -0.1) is 0 Å². The highest BCUT2D eigenvalue weighted by molar-refractivity contribution is 5.79. The van der Waals surface area contributed by atoms with Crippen molar-refractivity contribution in [2.24, 2.45) is 0 Å². The van der Waals surface area contributed by atoms with Crippen molar-refractivity contribution in [3.05, 3.63) is 240 Å². The molecule has 0 saturated heterocycles. The molecule has 3 aromatic heterocycles. The van der Waals surface area contributed by atoms with Crippen molar-refractivity contribution < 1.29 is 0 Å². The zero-order valence-electron chi connectivity index (χ0n) is 33.5. The highest BCUT2D eigenvalue weighted by atomic mass is 15.0. The van der Waals surface area contributed by atoms with Gasteiger partial charge < -0.3 is 0 Å². The molecule has 62 heavy (non-hydrogen) atoms. The lowest BCUT2D eigenvalue weighted by atomic mass is 9.60. The van der Waals surface area contributed by atoms with Gasteiger partial charge in [-0.2, -0.15) is 0 Å². The van der Waals surface area contributed by atoms with Crippen LogP contribution in [0.3, 0.4) is 0 Å². The third-order valence-electron chi connectivity index (χ3n) is 12.2. The first-order valence-electron chi connectivity index (χ1n) is 20.9. The maximum atomic E-state index is 5.11. The molecule has 6 nitrogen and oxygen atoms in total. The second-order valence-corrected chi connectivity index (χ2v) is 15.9. The lowest BCUT2D eigenvalue weighted by Crippen LogP contribution is -2.27. The van der Waals surface area contributed by atoms with Crippen LogP contribution in [0.4, 0.5) is 0 Å². The summed E-state index contributed by atoms with van der Waals surface area (Å²) in [5.74, 6) is 2.83. The Balaban J connectivity index is 0.946. The summed E-state index contributed by atoms with van der Waals surface area (Å²) in [4.78, 5) is 29.6. The first kappa shape index (κ1) is 35.7. The quantitative estimate of drug-likeness (QED) is 0.160. The molecular formula is C56H36N6. The molecule has 3 aliphatic carbocycles. The number of pyridine rings is 1. The predicted octanol–water partition coefficient (Wildman–Crippen LogP) is 12.7. The van der Waals surface area contributed by atoms with E-state index in [-0.39, 0.29) is 11.8 Å². The van der Waals surface area contributed by atoms with Gasteiger partial charge in [0.15, 0.2) is 23.3 Å². The number of aromatic nitrogens is 6. The molecule has 0 aliphatic heterocycles. The van der Waals surface area contributed by atoms with Crippen LogP contribution in [0.5, 0.6) is 0 Å². The second kappa shape index (κ2) is 14.8. The lowest BCUT2D eigenvalue weighted by molar-refractivity contribution is 0.755. The van der Waals surface area contributed by atoms with Crippen molar-refractivity contribution in [3.63, 3.8) is 0 Å². The maximum Gasteiger partial charge on any atom is 0.164 e. The average Bonchev–Trinajstić information content (AvgIpc) is 3.36. The van der Waals surface area contributed by atoms with Crippen LogP contribution in [0, 0.1) is 0 Å². The van der Waals surface area contributed by atoms with E-state index in [0.717, 1.165) is 50.3 Å². The van der Waals surface area contributed by atoms with Gasteiger partial charge in [0.1, 0.15) is 0 Å². The van der Waals surface area contributed by atoms with Crippen molar-refractivity contribution in [1.29, 1.82) is 0 Å². The summed E-state index contributed by atoms with van der Waals surface area (Å²) in [7, 11) is 0. The normalized spacial score (nSPS) is 14.5. The molecule has 0 amide bonds. The number of hydrogen-bond acceptors (Lipinski definition) is 6. The number of nitrogens with zero attached hydrogens (tertiary/aromatic N) is 6. The number of benzene rings is 7. The van der Waals surface area contributed by atoms with Crippen LogP contribution in [0.15, 0.2) is 207 Å². The van der Waals surface area contributed by atoms with E-state index in [1.165, 1.54) is 38.9 Å². The molecule has 2 atom stereocenters. The van der Waals surface area contributed by atoms with Gasteiger partial charge in [0, 0.05) is 57.6 Å². The van der Waals surface area contributed by atoms with Gasteiger partial charge in [0.05, 0.1) is 11.4 Å². The summed E-state index contributed by atoms with van der Waals surface area (Å²) in [6.07, 6.45) is 3.64. The molecule has 2 bridgehead atoms. The minimum atomic E-state index is 0.0777. The van der Waals surface area contributed by atoms with Crippen LogP contribution in [0.25, 0.3) is 79.2 Å². The third-order valence-corrected chi connectivity index (χ3v) is 12.2. The smallest absolute Gasteiger partial charge is 0.164 e. The zero-order valence-corrected chi connectivity index (χ0v) is 33.5. The Labute approximate surface area is 359 Å². The molecule has 0 N–H and O–H groups in total. The van der Waals surface area contributed by atoms with Crippen LogP contribution < -0.4 is 0 Å². The third kappa shape index (κ3) is 6.20. The molecule has 10 aromatic rings. The molecule has 7 aromatic carbocycles. The molecule has 0 radical (unpaired) electrons. The van der Waals surface area contributed by atoms with Crippen LogP contribution in [0.2, 0.25) is 0 Å². The van der Waals surface area contributed by atoms with E-state index in [1.54, 1.807) is 6.20 Å². The van der Waals surface area contributed by atoms with Crippen LogP contribution in [-0.4, -0.2) is 29.9 Å². The first-order valence-corrected chi connectivity index (χ1v) is 20.9. The molecule has 290 valence electrons. The minimum absolute atomic E-state index is 0.0777. The van der Waals surface area contributed by atoms with E-state index in [0.29, 0.717) is 23.3 Å². The van der Waals surface area contributed by atoms with Crippen molar-refractivity contribution in [2.75, 3.05) is 0 Å². The van der Waals surface area contributed by atoms with Crippen molar-refractivity contribution in [1.82, 2.24) is 29.9 Å². The number of hydrogen-bond donors (Lipinski definition) is 0. The fourth-order valence-corrected chi connectivity index (χ4v) is 9.31. The van der Waals surface area contributed by atoms with Crippen LogP contribution >= 0.6 is 0 Å². The van der Waals surface area contributed by atoms with Gasteiger partial charge in [-0.05, 0) is 80.9 Å². The van der Waals surface area contributed by atoms with E-state index in [1.807, 2.05) is 72.9 Å². The fourth-order valence-electron chi connectivity index (χ4n) is 9.31. The molecule has 0 fully saturated rings. The molecule has 6 heteroatoms. The van der Waals surface area contributed by atoms with Gasteiger partial charge >= 0.3 is 0 Å². The molecular weight excluding hydrogens is 757 g/mol. The number of rotatable bonds is 7.